The highest BCUT2D eigenvalue weighted by atomic mass is 35.5. The molecule has 1 aliphatic heterocycles. The lowest BCUT2D eigenvalue weighted by molar-refractivity contribution is -0.119. The first-order valence-electron chi connectivity index (χ1n) is 9.29. The Morgan fingerprint density at radius 1 is 1.17 bits per heavy atom. The van der Waals surface area contributed by atoms with E-state index in [4.69, 9.17) is 11.6 Å². The van der Waals surface area contributed by atoms with Crippen LogP contribution < -0.4 is 5.32 Å². The number of amides is 2. The number of carbonyl (C=O) groups is 2. The van der Waals surface area contributed by atoms with Crippen LogP contribution in [-0.2, 0) is 4.79 Å². The third-order valence-electron chi connectivity index (χ3n) is 4.84. The number of aryl methyl sites for hydroxylation is 1. The fraction of sp³-hybridized carbons (Fsp3) is 0.238. The van der Waals surface area contributed by atoms with Gasteiger partial charge >= 0.3 is 0 Å². The zero-order chi connectivity index (χ0) is 20.4. The van der Waals surface area contributed by atoms with Crippen LogP contribution in [-0.4, -0.2) is 39.5 Å². The van der Waals surface area contributed by atoms with Gasteiger partial charge in [0.05, 0.1) is 0 Å². The zero-order valence-electron chi connectivity index (χ0n) is 15.8. The molecule has 0 bridgehead atoms. The van der Waals surface area contributed by atoms with Gasteiger partial charge in [0, 0.05) is 22.7 Å². The van der Waals surface area contributed by atoms with Crippen LogP contribution in [0, 0.1) is 6.92 Å². The first-order valence-corrected chi connectivity index (χ1v) is 10.5. The number of nitrogens with one attached hydrogen (secondary N) is 1. The smallest absolute Gasteiger partial charge is 0.254 e. The Bertz CT molecular complexity index is 1050. The number of rotatable bonds is 4. The molecule has 3 aromatic rings. The van der Waals surface area contributed by atoms with Crippen LogP contribution in [0.2, 0.25) is 5.02 Å². The van der Waals surface area contributed by atoms with E-state index in [1.54, 1.807) is 29.2 Å². The molecule has 4 rings (SSSR count). The third kappa shape index (κ3) is 4.31. The molecule has 1 fully saturated rings. The second-order valence-corrected chi connectivity index (χ2v) is 8.35. The number of anilines is 1. The number of halogens is 1. The van der Waals surface area contributed by atoms with Crippen LogP contribution in [0.25, 0.3) is 10.6 Å². The van der Waals surface area contributed by atoms with Gasteiger partial charge < -0.3 is 4.90 Å². The molecular weight excluding hydrogens is 408 g/mol. The number of nitrogens with zero attached hydrogens (tertiary/aromatic N) is 3. The Labute approximate surface area is 177 Å². The van der Waals surface area contributed by atoms with Gasteiger partial charge in [0.25, 0.3) is 5.91 Å². The minimum Gasteiger partial charge on any atom is -0.327 e. The number of hydrogen-bond acceptors (Lipinski definition) is 5. The molecule has 2 heterocycles. The molecule has 1 aliphatic rings. The van der Waals surface area contributed by atoms with Crippen molar-refractivity contribution in [2.45, 2.75) is 25.8 Å². The lowest BCUT2D eigenvalue weighted by Gasteiger charge is -2.23. The lowest BCUT2D eigenvalue weighted by Crippen LogP contribution is -2.43. The number of aromatic nitrogens is 2. The highest BCUT2D eigenvalue weighted by Gasteiger charge is 2.35. The minimum atomic E-state index is -0.512. The van der Waals surface area contributed by atoms with E-state index in [0.717, 1.165) is 17.5 Å². The topological polar surface area (TPSA) is 75.2 Å². The van der Waals surface area contributed by atoms with Crippen molar-refractivity contribution in [3.05, 3.63) is 64.7 Å². The molecule has 148 valence electrons. The van der Waals surface area contributed by atoms with Gasteiger partial charge in [0.1, 0.15) is 11.0 Å². The van der Waals surface area contributed by atoms with Gasteiger partial charge in [-0.2, -0.15) is 0 Å². The molecule has 1 atom stereocenters. The summed E-state index contributed by atoms with van der Waals surface area (Å²) in [5.41, 5.74) is 2.52. The summed E-state index contributed by atoms with van der Waals surface area (Å²) in [6.45, 7) is 2.54. The molecule has 2 aromatic carbocycles. The number of carbonyl (C=O) groups excluding carboxylic acids is 2. The lowest BCUT2D eigenvalue weighted by atomic mass is 10.1. The normalized spacial score (nSPS) is 16.1. The Hall–Kier alpha value is -2.77. The molecule has 2 amide bonds. The van der Waals surface area contributed by atoms with Gasteiger partial charge in [-0.3, -0.25) is 14.9 Å². The molecule has 0 aliphatic carbocycles. The monoisotopic (exact) mass is 426 g/mol. The number of likely N-dealkylation sites (tertiary alicyclic amines) is 1. The summed E-state index contributed by atoms with van der Waals surface area (Å²) in [4.78, 5) is 27.3. The van der Waals surface area contributed by atoms with Crippen molar-refractivity contribution >= 4 is 39.9 Å². The molecule has 1 saturated heterocycles. The molecular formula is C21H19ClN4O2S. The van der Waals surface area contributed by atoms with Crippen molar-refractivity contribution in [3.8, 4) is 10.6 Å². The maximum atomic E-state index is 12.9. The number of hydrogen-bond donors (Lipinski definition) is 1. The van der Waals surface area contributed by atoms with Crippen molar-refractivity contribution in [1.29, 1.82) is 0 Å². The first kappa shape index (κ1) is 19.5. The molecule has 1 unspecified atom stereocenters. The van der Waals surface area contributed by atoms with E-state index < -0.39 is 6.04 Å². The molecule has 8 heteroatoms. The predicted octanol–water partition coefficient (Wildman–Crippen LogP) is 4.41. The summed E-state index contributed by atoms with van der Waals surface area (Å²) < 4.78 is 0. The van der Waals surface area contributed by atoms with Crippen molar-refractivity contribution in [2.75, 3.05) is 11.9 Å². The van der Waals surface area contributed by atoms with E-state index >= 15 is 0 Å². The minimum absolute atomic E-state index is 0.125. The molecule has 0 spiro atoms. The summed E-state index contributed by atoms with van der Waals surface area (Å²) in [5.74, 6) is -0.365. The largest absolute Gasteiger partial charge is 0.327 e. The Kier molecular flexibility index (Phi) is 5.60. The Morgan fingerprint density at radius 3 is 2.72 bits per heavy atom. The standard InChI is InChI=1S/C21H19ClN4O2S/c1-13-7-9-14(10-8-13)20(28)26-11-3-6-17(26)18(27)23-21-25-24-19(29-21)15-4-2-5-16(22)12-15/h2,4-5,7-10,12,17H,3,6,11H2,1H3,(H,23,25,27). The fourth-order valence-corrected chi connectivity index (χ4v) is 4.28. The second-order valence-electron chi connectivity index (χ2n) is 6.93. The molecule has 6 nitrogen and oxygen atoms in total. The van der Waals surface area contributed by atoms with E-state index in [0.29, 0.717) is 33.7 Å². The average molecular weight is 427 g/mol. The van der Waals surface area contributed by atoms with Crippen LogP contribution in [0.4, 0.5) is 5.13 Å². The summed E-state index contributed by atoms with van der Waals surface area (Å²) in [5, 5.41) is 12.7. The predicted molar refractivity (Wildman–Crippen MR) is 114 cm³/mol. The molecule has 0 saturated carbocycles. The summed E-state index contributed by atoms with van der Waals surface area (Å²) in [6.07, 6.45) is 1.42. The zero-order valence-corrected chi connectivity index (χ0v) is 17.3. The van der Waals surface area contributed by atoms with E-state index in [9.17, 15) is 9.59 Å². The van der Waals surface area contributed by atoms with Crippen LogP contribution in [0.5, 0.6) is 0 Å². The van der Waals surface area contributed by atoms with Crippen LogP contribution >= 0.6 is 22.9 Å². The SMILES string of the molecule is Cc1ccc(C(=O)N2CCCC2C(=O)Nc2nnc(-c3cccc(Cl)c3)s2)cc1. The second kappa shape index (κ2) is 8.31. The van der Waals surface area contributed by atoms with Gasteiger partial charge in [-0.1, -0.05) is 52.8 Å². The van der Waals surface area contributed by atoms with Crippen LogP contribution in [0.3, 0.4) is 0 Å². The van der Waals surface area contributed by atoms with Crippen LogP contribution in [0.15, 0.2) is 48.5 Å². The summed E-state index contributed by atoms with van der Waals surface area (Å²) >= 11 is 7.30. The van der Waals surface area contributed by atoms with E-state index in [1.165, 1.54) is 11.3 Å². The van der Waals surface area contributed by atoms with Gasteiger partial charge in [-0.05, 0) is 44.0 Å². The third-order valence-corrected chi connectivity index (χ3v) is 5.96. The van der Waals surface area contributed by atoms with E-state index in [2.05, 4.69) is 15.5 Å². The quantitative estimate of drug-likeness (QED) is 0.670. The van der Waals surface area contributed by atoms with E-state index in [1.807, 2.05) is 31.2 Å². The fourth-order valence-electron chi connectivity index (χ4n) is 3.34. The highest BCUT2D eigenvalue weighted by molar-refractivity contribution is 7.18. The highest BCUT2D eigenvalue weighted by Crippen LogP contribution is 2.29. The van der Waals surface area contributed by atoms with Gasteiger partial charge in [-0.25, -0.2) is 0 Å². The summed E-state index contributed by atoms with van der Waals surface area (Å²) in [7, 11) is 0. The first-order chi connectivity index (χ1) is 14.0. The Balaban J connectivity index is 1.46. The average Bonchev–Trinajstić information content (AvgIpc) is 3.38. The summed E-state index contributed by atoms with van der Waals surface area (Å²) in [6, 6.07) is 14.2. The van der Waals surface area contributed by atoms with Gasteiger partial charge in [0.15, 0.2) is 0 Å². The van der Waals surface area contributed by atoms with Crippen molar-refractivity contribution < 1.29 is 9.59 Å². The van der Waals surface area contributed by atoms with Crippen molar-refractivity contribution in [3.63, 3.8) is 0 Å². The van der Waals surface area contributed by atoms with Gasteiger partial charge in [0.2, 0.25) is 11.0 Å². The molecule has 0 radical (unpaired) electrons. The van der Waals surface area contributed by atoms with Gasteiger partial charge in [-0.15, -0.1) is 10.2 Å². The van der Waals surface area contributed by atoms with Crippen molar-refractivity contribution in [2.24, 2.45) is 0 Å². The molecule has 29 heavy (non-hydrogen) atoms. The maximum Gasteiger partial charge on any atom is 0.254 e. The Morgan fingerprint density at radius 2 is 1.97 bits per heavy atom. The molecule has 1 aromatic heterocycles. The number of benzene rings is 2. The van der Waals surface area contributed by atoms with E-state index in [-0.39, 0.29) is 11.8 Å². The van der Waals surface area contributed by atoms with Crippen molar-refractivity contribution in [1.82, 2.24) is 15.1 Å². The van der Waals surface area contributed by atoms with Crippen LogP contribution in [0.1, 0.15) is 28.8 Å². The molecule has 1 N–H and O–H groups in total. The maximum absolute atomic E-state index is 12.9.